The fraction of sp³-hybridized carbons (Fsp3) is 0.667. The first-order valence-corrected chi connectivity index (χ1v) is 12.3. The summed E-state index contributed by atoms with van der Waals surface area (Å²) >= 11 is 0. The third-order valence-corrected chi connectivity index (χ3v) is 7.31. The lowest BCUT2D eigenvalue weighted by molar-refractivity contribution is -0.134. The second kappa shape index (κ2) is 9.64. The molecule has 0 spiro atoms. The molecule has 0 aromatic heterocycles. The maximum Gasteiger partial charge on any atom is 0.227 e. The molecule has 1 N–H and O–H groups in total. The summed E-state index contributed by atoms with van der Waals surface area (Å²) in [6, 6.07) is 9.28. The summed E-state index contributed by atoms with van der Waals surface area (Å²) < 4.78 is 31.8. The molecule has 168 valence electrons. The number of rotatable bonds is 5. The molecule has 0 radical (unpaired) electrons. The predicted molar refractivity (Wildman–Crippen MR) is 115 cm³/mol. The van der Waals surface area contributed by atoms with E-state index in [0.717, 1.165) is 25.0 Å². The Hall–Kier alpha value is -1.68. The van der Waals surface area contributed by atoms with Crippen molar-refractivity contribution in [2.45, 2.75) is 37.5 Å². The minimum Gasteiger partial charge on any atom is -0.488 e. The molecule has 1 aromatic carbocycles. The summed E-state index contributed by atoms with van der Waals surface area (Å²) in [6.45, 7) is 1.37. The zero-order valence-electron chi connectivity index (χ0n) is 18.0. The van der Waals surface area contributed by atoms with Crippen LogP contribution in [-0.2, 0) is 14.8 Å². The van der Waals surface area contributed by atoms with Crippen molar-refractivity contribution in [1.82, 2.24) is 14.1 Å². The van der Waals surface area contributed by atoms with Crippen molar-refractivity contribution in [1.29, 1.82) is 0 Å². The van der Waals surface area contributed by atoms with Gasteiger partial charge in [0.15, 0.2) is 0 Å². The number of carbonyl (C=O) groups is 1. The molecule has 30 heavy (non-hydrogen) atoms. The largest absolute Gasteiger partial charge is 0.488 e. The molecule has 1 saturated carbocycles. The third-order valence-electron chi connectivity index (χ3n) is 6.04. The maximum absolute atomic E-state index is 12.7. The number of benzene rings is 1. The number of nitrogens with zero attached hydrogens (tertiary/aromatic N) is 3. The molecule has 9 heteroatoms. The molecule has 2 aliphatic rings. The third kappa shape index (κ3) is 5.51. The molecule has 1 aliphatic carbocycles. The van der Waals surface area contributed by atoms with E-state index >= 15 is 0 Å². The average Bonchev–Trinajstić information content (AvgIpc) is 2.93. The summed E-state index contributed by atoms with van der Waals surface area (Å²) in [5.41, 5.74) is 0. The van der Waals surface area contributed by atoms with Gasteiger partial charge in [-0.2, -0.15) is 0 Å². The Labute approximate surface area is 179 Å². The fourth-order valence-corrected chi connectivity index (χ4v) is 5.32. The van der Waals surface area contributed by atoms with E-state index in [2.05, 4.69) is 4.90 Å². The van der Waals surface area contributed by atoms with E-state index in [-0.39, 0.29) is 24.6 Å². The van der Waals surface area contributed by atoms with Gasteiger partial charge in [-0.05, 0) is 31.4 Å². The van der Waals surface area contributed by atoms with Crippen molar-refractivity contribution in [3.05, 3.63) is 30.3 Å². The number of aliphatic hydroxyl groups is 1. The average molecular weight is 440 g/mol. The fourth-order valence-electron chi connectivity index (χ4n) is 4.45. The first kappa shape index (κ1) is 23.0. The topological polar surface area (TPSA) is 90.4 Å². The van der Waals surface area contributed by atoms with Crippen molar-refractivity contribution in [3.8, 4) is 5.75 Å². The van der Waals surface area contributed by atoms with Gasteiger partial charge >= 0.3 is 0 Å². The smallest absolute Gasteiger partial charge is 0.227 e. The van der Waals surface area contributed by atoms with E-state index in [1.54, 1.807) is 14.1 Å². The Morgan fingerprint density at radius 1 is 1.13 bits per heavy atom. The van der Waals surface area contributed by atoms with Gasteiger partial charge < -0.3 is 14.7 Å². The summed E-state index contributed by atoms with van der Waals surface area (Å²) in [6.07, 6.45) is 2.59. The van der Waals surface area contributed by atoms with E-state index in [1.807, 2.05) is 30.3 Å². The van der Waals surface area contributed by atoms with Gasteiger partial charge in [-0.3, -0.25) is 9.69 Å². The molecule has 1 amide bonds. The molecule has 2 fully saturated rings. The van der Waals surface area contributed by atoms with E-state index in [1.165, 1.54) is 15.5 Å². The van der Waals surface area contributed by atoms with Crippen LogP contribution >= 0.6 is 0 Å². The monoisotopic (exact) mass is 439 g/mol. The predicted octanol–water partition coefficient (Wildman–Crippen LogP) is 0.629. The van der Waals surface area contributed by atoms with Crippen molar-refractivity contribution in [2.24, 2.45) is 5.92 Å². The normalized spacial score (nSPS) is 29.2. The molecule has 4 atom stereocenters. The quantitative estimate of drug-likeness (QED) is 0.724. The van der Waals surface area contributed by atoms with E-state index in [4.69, 9.17) is 4.74 Å². The van der Waals surface area contributed by atoms with Crippen LogP contribution < -0.4 is 4.74 Å². The van der Waals surface area contributed by atoms with Gasteiger partial charge in [0, 0.05) is 46.3 Å². The molecule has 1 aliphatic heterocycles. The Morgan fingerprint density at radius 2 is 1.83 bits per heavy atom. The van der Waals surface area contributed by atoms with Gasteiger partial charge in [0.25, 0.3) is 0 Å². The van der Waals surface area contributed by atoms with Crippen LogP contribution in [0.2, 0.25) is 0 Å². The van der Waals surface area contributed by atoms with E-state index in [9.17, 15) is 18.3 Å². The van der Waals surface area contributed by atoms with Crippen molar-refractivity contribution < 1.29 is 23.1 Å². The van der Waals surface area contributed by atoms with Crippen LogP contribution in [0.1, 0.15) is 19.3 Å². The number of ether oxygens (including phenoxy) is 1. The van der Waals surface area contributed by atoms with Gasteiger partial charge in [0.2, 0.25) is 15.9 Å². The molecule has 1 saturated heterocycles. The Balaban J connectivity index is 1.77. The number of aliphatic hydroxyl groups excluding tert-OH is 1. The van der Waals surface area contributed by atoms with E-state index < -0.39 is 22.0 Å². The molecular weight excluding hydrogens is 406 g/mol. The minimum absolute atomic E-state index is 0.0991. The lowest BCUT2D eigenvalue weighted by atomic mass is 9.88. The van der Waals surface area contributed by atoms with Crippen LogP contribution in [0.15, 0.2) is 30.3 Å². The molecule has 1 unspecified atom stereocenters. The molecule has 8 nitrogen and oxygen atoms in total. The second-order valence-electron chi connectivity index (χ2n) is 8.50. The van der Waals surface area contributed by atoms with Gasteiger partial charge in [-0.25, -0.2) is 12.7 Å². The molecule has 1 heterocycles. The summed E-state index contributed by atoms with van der Waals surface area (Å²) in [7, 11) is -0.0476. The number of hydrogen-bond donors (Lipinski definition) is 1. The Bertz CT molecular complexity index is 817. The van der Waals surface area contributed by atoms with E-state index in [0.29, 0.717) is 19.6 Å². The van der Waals surface area contributed by atoms with Crippen LogP contribution in [0, 0.1) is 5.92 Å². The van der Waals surface area contributed by atoms with Crippen LogP contribution in [0.3, 0.4) is 0 Å². The molecular formula is C21H33N3O5S. The highest BCUT2D eigenvalue weighted by atomic mass is 32.2. The zero-order valence-corrected chi connectivity index (χ0v) is 18.8. The first-order chi connectivity index (χ1) is 14.2. The number of sulfonamides is 1. The minimum atomic E-state index is -3.41. The van der Waals surface area contributed by atoms with Gasteiger partial charge in [0.1, 0.15) is 18.0 Å². The van der Waals surface area contributed by atoms with Crippen LogP contribution in [0.4, 0.5) is 0 Å². The van der Waals surface area contributed by atoms with Gasteiger partial charge in [-0.1, -0.05) is 18.2 Å². The van der Waals surface area contributed by atoms with Crippen molar-refractivity contribution >= 4 is 15.9 Å². The maximum atomic E-state index is 12.7. The first-order valence-electron chi connectivity index (χ1n) is 10.5. The highest BCUT2D eigenvalue weighted by molar-refractivity contribution is 7.88. The van der Waals surface area contributed by atoms with Gasteiger partial charge in [0.05, 0.1) is 12.2 Å². The highest BCUT2D eigenvalue weighted by Crippen LogP contribution is 2.29. The molecule has 1 aromatic rings. The molecule has 0 bridgehead atoms. The Kier molecular flexibility index (Phi) is 7.38. The SMILES string of the molecule is CN(C)C(=O)C1CN([C@H]2CCC[C@@H](Oc3ccccc3)[C@@H]2O)CCN(S(C)(=O)=O)C1. The summed E-state index contributed by atoms with van der Waals surface area (Å²) in [5.74, 6) is 0.153. The number of hydrogen-bond acceptors (Lipinski definition) is 6. The Morgan fingerprint density at radius 3 is 2.47 bits per heavy atom. The van der Waals surface area contributed by atoms with Gasteiger partial charge in [-0.15, -0.1) is 0 Å². The number of para-hydroxylation sites is 1. The van der Waals surface area contributed by atoms with Crippen LogP contribution in [-0.4, -0.2) is 98.3 Å². The van der Waals surface area contributed by atoms with Crippen molar-refractivity contribution in [2.75, 3.05) is 46.5 Å². The summed E-state index contributed by atoms with van der Waals surface area (Å²) in [4.78, 5) is 16.3. The molecule has 3 rings (SSSR count). The zero-order chi connectivity index (χ0) is 21.9. The summed E-state index contributed by atoms with van der Waals surface area (Å²) in [5, 5.41) is 11.1. The van der Waals surface area contributed by atoms with Crippen LogP contribution in [0.25, 0.3) is 0 Å². The highest BCUT2D eigenvalue weighted by Gasteiger charge is 2.41. The number of amides is 1. The van der Waals surface area contributed by atoms with Crippen molar-refractivity contribution in [3.63, 3.8) is 0 Å². The van der Waals surface area contributed by atoms with Crippen LogP contribution in [0.5, 0.6) is 5.75 Å². The standard InChI is InChI=1S/C21H33N3O5S/c1-22(2)21(26)16-14-23(12-13-24(15-16)30(3,27)28)18-10-7-11-19(20(18)25)29-17-8-5-4-6-9-17/h4-6,8-9,16,18-20,25H,7,10-15H2,1-3H3/t16?,18-,19+,20+/m0/s1. The second-order valence-corrected chi connectivity index (χ2v) is 10.5. The lowest BCUT2D eigenvalue weighted by Gasteiger charge is -2.41. The lowest BCUT2D eigenvalue weighted by Crippen LogP contribution is -2.55. The number of carbonyl (C=O) groups excluding carboxylic acids is 1.